The Bertz CT molecular complexity index is 893. The van der Waals surface area contributed by atoms with E-state index in [-0.39, 0.29) is 0 Å². The molecule has 0 aliphatic carbocycles. The van der Waals surface area contributed by atoms with E-state index in [0.717, 1.165) is 5.65 Å². The van der Waals surface area contributed by atoms with Gasteiger partial charge in [0.05, 0.1) is 5.52 Å². The van der Waals surface area contributed by atoms with Crippen LogP contribution in [0.3, 0.4) is 0 Å². The van der Waals surface area contributed by atoms with Gasteiger partial charge < -0.3 is 0 Å². The van der Waals surface area contributed by atoms with Crippen molar-refractivity contribution in [2.75, 3.05) is 0 Å². The third-order valence-electron chi connectivity index (χ3n) is 3.51. The minimum Gasteiger partial charge on any atom is -0.299 e. The maximum absolute atomic E-state index is 4.48. The minimum atomic E-state index is 1.03. The predicted octanol–water partition coefficient (Wildman–Crippen LogP) is 1.90. The number of pyridine rings is 1. The summed E-state index contributed by atoms with van der Waals surface area (Å²) in [6, 6.07) is 15.0. The second-order valence-corrected chi connectivity index (χ2v) is 4.69. The van der Waals surface area contributed by atoms with Gasteiger partial charge in [0.2, 0.25) is 0 Å². The molecule has 3 heteroatoms. The van der Waals surface area contributed by atoms with Gasteiger partial charge in [-0.05, 0) is 11.5 Å². The zero-order valence-corrected chi connectivity index (χ0v) is 10.1. The van der Waals surface area contributed by atoms with Crippen LogP contribution in [0.25, 0.3) is 27.3 Å². The standard InChI is InChI=1S/C15H11BN2/c16-10-5-6-14-13(9-10)11-3-1-2-4-12(11)15-17-7-8-18(14)15/h1-9H,16H2. The first-order valence-electron chi connectivity index (χ1n) is 6.09. The molecule has 2 heterocycles. The zero-order valence-electron chi connectivity index (χ0n) is 10.1. The highest BCUT2D eigenvalue weighted by Crippen LogP contribution is 2.27. The molecule has 84 valence electrons. The summed E-state index contributed by atoms with van der Waals surface area (Å²) < 4.78 is 2.16. The maximum atomic E-state index is 4.48. The number of fused-ring (bicyclic) bond motifs is 6. The molecule has 0 amide bonds. The van der Waals surface area contributed by atoms with Gasteiger partial charge in [-0.2, -0.15) is 0 Å². The van der Waals surface area contributed by atoms with Gasteiger partial charge in [0, 0.05) is 23.2 Å². The van der Waals surface area contributed by atoms with Crippen LogP contribution < -0.4 is 5.46 Å². The molecule has 0 unspecified atom stereocenters. The first-order chi connectivity index (χ1) is 8.84. The van der Waals surface area contributed by atoms with Crippen molar-refractivity contribution in [1.82, 2.24) is 9.38 Å². The lowest BCUT2D eigenvalue weighted by molar-refractivity contribution is 1.27. The summed E-state index contributed by atoms with van der Waals surface area (Å²) >= 11 is 0. The average molecular weight is 230 g/mol. The molecule has 18 heavy (non-hydrogen) atoms. The molecule has 4 rings (SSSR count). The van der Waals surface area contributed by atoms with Crippen LogP contribution in [0, 0.1) is 0 Å². The van der Waals surface area contributed by atoms with Gasteiger partial charge in [-0.25, -0.2) is 4.98 Å². The molecule has 0 saturated heterocycles. The van der Waals surface area contributed by atoms with E-state index >= 15 is 0 Å². The second-order valence-electron chi connectivity index (χ2n) is 4.69. The summed E-state index contributed by atoms with van der Waals surface area (Å²) in [5.41, 5.74) is 3.53. The van der Waals surface area contributed by atoms with Crippen molar-refractivity contribution in [3.63, 3.8) is 0 Å². The van der Waals surface area contributed by atoms with Crippen molar-refractivity contribution >= 4 is 40.6 Å². The van der Waals surface area contributed by atoms with Gasteiger partial charge in [-0.15, -0.1) is 0 Å². The summed E-state index contributed by atoms with van der Waals surface area (Å²) in [5, 5.41) is 3.77. The molecule has 0 bridgehead atoms. The molecule has 0 aliphatic heterocycles. The van der Waals surface area contributed by atoms with Crippen LogP contribution in [0.4, 0.5) is 0 Å². The summed E-state index contributed by atoms with van der Waals surface area (Å²) in [6.07, 6.45) is 3.89. The van der Waals surface area contributed by atoms with Crippen LogP contribution >= 0.6 is 0 Å². The summed E-state index contributed by atoms with van der Waals surface area (Å²) in [4.78, 5) is 4.48. The molecule has 0 radical (unpaired) electrons. The predicted molar refractivity (Wildman–Crippen MR) is 78.4 cm³/mol. The number of hydrogen-bond donors (Lipinski definition) is 0. The third kappa shape index (κ3) is 1.16. The largest absolute Gasteiger partial charge is 0.299 e. The quantitative estimate of drug-likeness (QED) is 0.333. The highest BCUT2D eigenvalue weighted by atomic mass is 15.0. The molecular formula is C15H11BN2. The molecule has 0 fully saturated rings. The van der Waals surface area contributed by atoms with Crippen molar-refractivity contribution < 1.29 is 0 Å². The van der Waals surface area contributed by atoms with E-state index in [4.69, 9.17) is 0 Å². The Morgan fingerprint density at radius 2 is 1.78 bits per heavy atom. The van der Waals surface area contributed by atoms with Gasteiger partial charge in [-0.1, -0.05) is 41.9 Å². The first kappa shape index (κ1) is 9.72. The van der Waals surface area contributed by atoms with Gasteiger partial charge in [0.25, 0.3) is 0 Å². The first-order valence-corrected chi connectivity index (χ1v) is 6.09. The monoisotopic (exact) mass is 230 g/mol. The SMILES string of the molecule is Bc1ccc2c(c1)c1ccccc1c1nccn21. The third-order valence-corrected chi connectivity index (χ3v) is 3.51. The second kappa shape index (κ2) is 3.36. The Hall–Kier alpha value is -2.29. The fourth-order valence-electron chi connectivity index (χ4n) is 2.69. The lowest BCUT2D eigenvalue weighted by atomic mass is 9.93. The smallest absolute Gasteiger partial charge is 0.145 e. The van der Waals surface area contributed by atoms with Crippen LogP contribution in [-0.2, 0) is 0 Å². The molecular weight excluding hydrogens is 219 g/mol. The van der Waals surface area contributed by atoms with Gasteiger partial charge in [0.15, 0.2) is 0 Å². The summed E-state index contributed by atoms with van der Waals surface area (Å²) in [7, 11) is 2.13. The summed E-state index contributed by atoms with van der Waals surface area (Å²) in [5.74, 6) is 0. The summed E-state index contributed by atoms with van der Waals surface area (Å²) in [6.45, 7) is 0. The molecule has 0 aliphatic rings. The van der Waals surface area contributed by atoms with E-state index in [0.29, 0.717) is 0 Å². The van der Waals surface area contributed by atoms with Crippen molar-refractivity contribution in [3.8, 4) is 0 Å². The molecule has 2 aromatic heterocycles. The van der Waals surface area contributed by atoms with Crippen LogP contribution in [0.2, 0.25) is 0 Å². The Labute approximate surface area is 105 Å². The van der Waals surface area contributed by atoms with Crippen molar-refractivity contribution in [2.45, 2.75) is 0 Å². The number of nitrogens with zero attached hydrogens (tertiary/aromatic N) is 2. The topological polar surface area (TPSA) is 17.3 Å². The van der Waals surface area contributed by atoms with Crippen LogP contribution in [0.1, 0.15) is 0 Å². The lowest BCUT2D eigenvalue weighted by Gasteiger charge is -2.08. The molecule has 0 atom stereocenters. The van der Waals surface area contributed by atoms with Crippen LogP contribution in [0.5, 0.6) is 0 Å². The van der Waals surface area contributed by atoms with E-state index in [1.807, 2.05) is 12.4 Å². The van der Waals surface area contributed by atoms with E-state index in [1.165, 1.54) is 27.1 Å². The van der Waals surface area contributed by atoms with E-state index in [1.54, 1.807) is 0 Å². The van der Waals surface area contributed by atoms with Crippen molar-refractivity contribution in [2.24, 2.45) is 0 Å². The van der Waals surface area contributed by atoms with Gasteiger partial charge in [0.1, 0.15) is 13.5 Å². The number of hydrogen-bond acceptors (Lipinski definition) is 1. The molecule has 0 N–H and O–H groups in total. The van der Waals surface area contributed by atoms with E-state index < -0.39 is 0 Å². The Kier molecular flexibility index (Phi) is 1.81. The van der Waals surface area contributed by atoms with Crippen molar-refractivity contribution in [1.29, 1.82) is 0 Å². The molecule has 2 aromatic carbocycles. The van der Waals surface area contributed by atoms with Gasteiger partial charge >= 0.3 is 0 Å². The highest BCUT2D eigenvalue weighted by molar-refractivity contribution is 6.33. The highest BCUT2D eigenvalue weighted by Gasteiger charge is 2.08. The Morgan fingerprint density at radius 3 is 2.67 bits per heavy atom. The molecule has 0 spiro atoms. The minimum absolute atomic E-state index is 1.03. The Balaban J connectivity index is 2.44. The van der Waals surface area contributed by atoms with Crippen LogP contribution in [-0.4, -0.2) is 17.2 Å². The van der Waals surface area contributed by atoms with Crippen molar-refractivity contribution in [3.05, 3.63) is 54.9 Å². The fraction of sp³-hybridized carbons (Fsp3) is 0. The normalized spacial score (nSPS) is 11.6. The van der Waals surface area contributed by atoms with Gasteiger partial charge in [-0.3, -0.25) is 4.40 Å². The lowest BCUT2D eigenvalue weighted by Crippen LogP contribution is -2.02. The molecule has 2 nitrogen and oxygen atoms in total. The maximum Gasteiger partial charge on any atom is 0.145 e. The Morgan fingerprint density at radius 1 is 0.944 bits per heavy atom. The van der Waals surface area contributed by atoms with Crippen LogP contribution in [0.15, 0.2) is 54.9 Å². The number of aromatic nitrogens is 2. The number of imidazole rings is 1. The fourth-order valence-corrected chi connectivity index (χ4v) is 2.69. The molecule has 0 saturated carbocycles. The number of benzene rings is 2. The molecule has 4 aromatic rings. The number of rotatable bonds is 0. The van der Waals surface area contributed by atoms with E-state index in [9.17, 15) is 0 Å². The average Bonchev–Trinajstić information content (AvgIpc) is 2.88. The zero-order chi connectivity index (χ0) is 12.1. The van der Waals surface area contributed by atoms with E-state index in [2.05, 4.69) is 59.7 Å².